The Kier molecular flexibility index (Phi) is 6.37. The molecule has 0 aliphatic carbocycles. The summed E-state index contributed by atoms with van der Waals surface area (Å²) in [5.41, 5.74) is 2.14. The van der Waals surface area contributed by atoms with Crippen LogP contribution in [0.3, 0.4) is 0 Å². The topological polar surface area (TPSA) is 55.8 Å². The second-order valence-corrected chi connectivity index (χ2v) is 6.14. The van der Waals surface area contributed by atoms with E-state index in [0.717, 1.165) is 5.56 Å². The second kappa shape index (κ2) is 9.12. The lowest BCUT2D eigenvalue weighted by Gasteiger charge is -2.26. The predicted octanol–water partition coefficient (Wildman–Crippen LogP) is 3.76. The lowest BCUT2D eigenvalue weighted by Crippen LogP contribution is -2.37. The van der Waals surface area contributed by atoms with E-state index in [0.29, 0.717) is 19.5 Å². The van der Waals surface area contributed by atoms with Gasteiger partial charge < -0.3 is 14.4 Å². The molecule has 2 aromatic carbocycles. The summed E-state index contributed by atoms with van der Waals surface area (Å²) in [6.45, 7) is -2.58. The highest BCUT2D eigenvalue weighted by molar-refractivity contribution is 5.94. The van der Waals surface area contributed by atoms with Gasteiger partial charge in [-0.2, -0.15) is 8.78 Å². The number of para-hydroxylation sites is 1. The quantitative estimate of drug-likeness (QED) is 0.709. The van der Waals surface area contributed by atoms with Gasteiger partial charge in [0.25, 0.3) is 5.91 Å². The first kappa shape index (κ1) is 19.5. The van der Waals surface area contributed by atoms with Crippen molar-refractivity contribution >= 4 is 17.4 Å². The van der Waals surface area contributed by atoms with E-state index < -0.39 is 19.2 Å². The second-order valence-electron chi connectivity index (χ2n) is 6.14. The Bertz CT molecular complexity index is 868. The molecule has 0 atom stereocenters. The fraction of sp³-hybridized carbons (Fsp3) is 0.238. The molecule has 28 heavy (non-hydrogen) atoms. The number of alkyl halides is 2. The lowest BCUT2D eigenvalue weighted by atomic mass is 10.00. The Morgan fingerprint density at radius 2 is 1.75 bits per heavy atom. The van der Waals surface area contributed by atoms with Crippen LogP contribution < -0.4 is 4.74 Å². The van der Waals surface area contributed by atoms with Gasteiger partial charge in [-0.25, -0.2) is 4.79 Å². The van der Waals surface area contributed by atoms with E-state index in [1.165, 1.54) is 29.8 Å². The van der Waals surface area contributed by atoms with Crippen LogP contribution in [0.4, 0.5) is 8.78 Å². The average Bonchev–Trinajstić information content (AvgIpc) is 2.72. The van der Waals surface area contributed by atoms with Crippen molar-refractivity contribution in [1.29, 1.82) is 0 Å². The third kappa shape index (κ3) is 4.94. The van der Waals surface area contributed by atoms with Gasteiger partial charge in [-0.1, -0.05) is 48.5 Å². The van der Waals surface area contributed by atoms with Gasteiger partial charge in [-0.3, -0.25) is 4.79 Å². The molecule has 0 saturated carbocycles. The van der Waals surface area contributed by atoms with Crippen LogP contribution in [0.5, 0.6) is 5.75 Å². The van der Waals surface area contributed by atoms with Crippen LogP contribution in [0, 0.1) is 0 Å². The average molecular weight is 387 g/mol. The van der Waals surface area contributed by atoms with Gasteiger partial charge in [0, 0.05) is 13.1 Å². The Morgan fingerprint density at radius 1 is 1.04 bits per heavy atom. The molecule has 1 aliphatic heterocycles. The maximum absolute atomic E-state index is 12.4. The smallest absolute Gasteiger partial charge is 0.387 e. The highest BCUT2D eigenvalue weighted by Crippen LogP contribution is 2.23. The van der Waals surface area contributed by atoms with Crippen LogP contribution in [-0.4, -0.2) is 43.1 Å². The predicted molar refractivity (Wildman–Crippen MR) is 99.0 cm³/mol. The molecule has 146 valence electrons. The van der Waals surface area contributed by atoms with Crippen molar-refractivity contribution in [3.8, 4) is 5.75 Å². The van der Waals surface area contributed by atoms with Gasteiger partial charge in [0.1, 0.15) is 11.3 Å². The Balaban J connectivity index is 1.55. The maximum Gasteiger partial charge on any atom is 0.387 e. The summed E-state index contributed by atoms with van der Waals surface area (Å²) < 4.78 is 34.2. The van der Waals surface area contributed by atoms with E-state index >= 15 is 0 Å². The first-order valence-electron chi connectivity index (χ1n) is 8.78. The molecule has 1 heterocycles. The number of benzene rings is 2. The van der Waals surface area contributed by atoms with E-state index in [4.69, 9.17) is 4.74 Å². The van der Waals surface area contributed by atoms with Gasteiger partial charge in [-0.15, -0.1) is 0 Å². The minimum Gasteiger partial charge on any atom is -0.452 e. The molecule has 0 spiro atoms. The molecular weight excluding hydrogens is 368 g/mol. The maximum atomic E-state index is 12.4. The van der Waals surface area contributed by atoms with Gasteiger partial charge in [0.15, 0.2) is 6.61 Å². The van der Waals surface area contributed by atoms with E-state index in [9.17, 15) is 18.4 Å². The van der Waals surface area contributed by atoms with Crippen LogP contribution in [0.1, 0.15) is 22.3 Å². The highest BCUT2D eigenvalue weighted by atomic mass is 19.3. The van der Waals surface area contributed by atoms with Crippen LogP contribution in [-0.2, 0) is 9.53 Å². The zero-order chi connectivity index (χ0) is 19.9. The number of carbonyl (C=O) groups excluding carboxylic acids is 2. The van der Waals surface area contributed by atoms with Crippen molar-refractivity contribution in [2.45, 2.75) is 13.0 Å². The van der Waals surface area contributed by atoms with Gasteiger partial charge in [0.05, 0.1) is 0 Å². The SMILES string of the molecule is O=C(OCC(=O)N1CC=C(c2ccccc2)CC1)c1ccccc1OC(F)F. The van der Waals surface area contributed by atoms with E-state index in [-0.39, 0.29) is 17.2 Å². The standard InChI is InChI=1S/C21H19F2NO4/c22-21(23)28-18-9-5-4-8-17(18)20(26)27-14-19(25)24-12-10-16(11-13-24)15-6-2-1-3-7-15/h1-10,21H,11-14H2. The number of halogens is 2. The van der Waals surface area contributed by atoms with Crippen LogP contribution in [0.15, 0.2) is 60.7 Å². The zero-order valence-electron chi connectivity index (χ0n) is 15.0. The summed E-state index contributed by atoms with van der Waals surface area (Å²) in [6, 6.07) is 15.4. The van der Waals surface area contributed by atoms with E-state index in [1.807, 2.05) is 36.4 Å². The number of ether oxygens (including phenoxy) is 2. The third-order valence-corrected chi connectivity index (χ3v) is 4.36. The van der Waals surface area contributed by atoms with E-state index in [1.54, 1.807) is 4.90 Å². The van der Waals surface area contributed by atoms with Crippen molar-refractivity contribution in [2.24, 2.45) is 0 Å². The van der Waals surface area contributed by atoms with Crippen molar-refractivity contribution in [2.75, 3.05) is 19.7 Å². The fourth-order valence-corrected chi connectivity index (χ4v) is 2.94. The molecule has 5 nitrogen and oxygen atoms in total. The monoisotopic (exact) mass is 387 g/mol. The number of amides is 1. The summed E-state index contributed by atoms with van der Waals surface area (Å²) >= 11 is 0. The molecule has 0 saturated heterocycles. The number of hydrogen-bond acceptors (Lipinski definition) is 4. The Hall–Kier alpha value is -3.22. The number of nitrogens with zero attached hydrogens (tertiary/aromatic N) is 1. The number of hydrogen-bond donors (Lipinski definition) is 0. The van der Waals surface area contributed by atoms with Crippen LogP contribution >= 0.6 is 0 Å². The molecule has 7 heteroatoms. The minimum atomic E-state index is -3.06. The molecular formula is C21H19F2NO4. The third-order valence-electron chi connectivity index (χ3n) is 4.36. The van der Waals surface area contributed by atoms with Crippen molar-refractivity contribution in [3.63, 3.8) is 0 Å². The normalized spacial score (nSPS) is 13.8. The largest absolute Gasteiger partial charge is 0.452 e. The molecule has 0 unspecified atom stereocenters. The molecule has 2 aromatic rings. The molecule has 1 aliphatic rings. The molecule has 1 amide bonds. The van der Waals surface area contributed by atoms with Crippen LogP contribution in [0.2, 0.25) is 0 Å². The summed E-state index contributed by atoms with van der Waals surface area (Å²) in [5, 5.41) is 0. The van der Waals surface area contributed by atoms with E-state index in [2.05, 4.69) is 4.74 Å². The number of rotatable bonds is 6. The summed E-state index contributed by atoms with van der Waals surface area (Å²) in [7, 11) is 0. The number of carbonyl (C=O) groups is 2. The zero-order valence-corrected chi connectivity index (χ0v) is 15.0. The van der Waals surface area contributed by atoms with Gasteiger partial charge in [0.2, 0.25) is 0 Å². The molecule has 0 fully saturated rings. The van der Waals surface area contributed by atoms with Crippen molar-refractivity contribution in [1.82, 2.24) is 4.90 Å². The molecule has 0 radical (unpaired) electrons. The molecule has 3 rings (SSSR count). The lowest BCUT2D eigenvalue weighted by molar-refractivity contribution is -0.134. The van der Waals surface area contributed by atoms with Crippen molar-refractivity contribution in [3.05, 3.63) is 71.8 Å². The summed E-state index contributed by atoms with van der Waals surface area (Å²) in [4.78, 5) is 26.0. The van der Waals surface area contributed by atoms with Crippen LogP contribution in [0.25, 0.3) is 5.57 Å². The first-order valence-corrected chi connectivity index (χ1v) is 8.78. The Labute approximate surface area is 161 Å². The summed E-state index contributed by atoms with van der Waals surface area (Å²) in [5.74, 6) is -1.52. The fourth-order valence-electron chi connectivity index (χ4n) is 2.94. The van der Waals surface area contributed by atoms with Crippen molar-refractivity contribution < 1.29 is 27.8 Å². The number of esters is 1. The first-order chi connectivity index (χ1) is 13.5. The molecule has 0 N–H and O–H groups in total. The van der Waals surface area contributed by atoms with Gasteiger partial charge in [-0.05, 0) is 29.7 Å². The molecule has 0 bridgehead atoms. The minimum absolute atomic E-state index is 0.152. The van der Waals surface area contributed by atoms with Gasteiger partial charge >= 0.3 is 12.6 Å². The molecule has 0 aromatic heterocycles. The Morgan fingerprint density at radius 3 is 2.43 bits per heavy atom. The summed E-state index contributed by atoms with van der Waals surface area (Å²) in [6.07, 6.45) is 2.68. The highest BCUT2D eigenvalue weighted by Gasteiger charge is 2.21.